The molecule has 124 valence electrons. The first kappa shape index (κ1) is 15.9. The molecule has 1 aromatic rings. The molecule has 0 N–H and O–H groups in total. The van der Waals surface area contributed by atoms with Gasteiger partial charge in [-0.15, -0.1) is 0 Å². The van der Waals surface area contributed by atoms with Gasteiger partial charge in [-0.3, -0.25) is 9.59 Å². The first-order chi connectivity index (χ1) is 11.2. The van der Waals surface area contributed by atoms with Crippen molar-refractivity contribution in [2.24, 2.45) is 0 Å². The highest BCUT2D eigenvalue weighted by atomic mass is 16.5. The number of nitrogens with zero attached hydrogens (tertiary/aromatic N) is 4. The standard InChI is InChI=1S/C16H22N4O3/c1-2-23-10-15(22)20-6-4-3-5-16(20)7-14(21)19(11-16)13-8-17-12-18-9-13/h8-9,12H,2-7,10-11H2,1H3. The Morgan fingerprint density at radius 3 is 2.87 bits per heavy atom. The molecule has 1 unspecified atom stereocenters. The summed E-state index contributed by atoms with van der Waals surface area (Å²) in [7, 11) is 0. The van der Waals surface area contributed by atoms with Crippen LogP contribution in [0.2, 0.25) is 0 Å². The van der Waals surface area contributed by atoms with E-state index in [1.54, 1.807) is 17.3 Å². The summed E-state index contributed by atoms with van der Waals surface area (Å²) in [5.41, 5.74) is 0.275. The molecule has 1 aromatic heterocycles. The van der Waals surface area contributed by atoms with Gasteiger partial charge in [0.2, 0.25) is 11.8 Å². The van der Waals surface area contributed by atoms with Gasteiger partial charge >= 0.3 is 0 Å². The topological polar surface area (TPSA) is 75.6 Å². The van der Waals surface area contributed by atoms with Crippen LogP contribution in [0.15, 0.2) is 18.7 Å². The van der Waals surface area contributed by atoms with Crippen LogP contribution in [0.1, 0.15) is 32.6 Å². The summed E-state index contributed by atoms with van der Waals surface area (Å²) in [6, 6.07) is 0. The number of likely N-dealkylation sites (tertiary alicyclic amines) is 1. The molecule has 3 heterocycles. The highest BCUT2D eigenvalue weighted by Crippen LogP contribution is 2.38. The van der Waals surface area contributed by atoms with Crippen LogP contribution >= 0.6 is 0 Å². The van der Waals surface area contributed by atoms with Crippen molar-refractivity contribution in [3.05, 3.63) is 18.7 Å². The lowest BCUT2D eigenvalue weighted by atomic mass is 9.85. The van der Waals surface area contributed by atoms with Gasteiger partial charge in [0.05, 0.1) is 30.0 Å². The lowest BCUT2D eigenvalue weighted by Gasteiger charge is -2.44. The Morgan fingerprint density at radius 2 is 2.13 bits per heavy atom. The lowest BCUT2D eigenvalue weighted by Crippen LogP contribution is -2.57. The Labute approximate surface area is 135 Å². The van der Waals surface area contributed by atoms with Gasteiger partial charge in [0, 0.05) is 19.7 Å². The van der Waals surface area contributed by atoms with E-state index in [1.165, 1.54) is 6.33 Å². The predicted octanol–water partition coefficient (Wildman–Crippen LogP) is 1.00. The summed E-state index contributed by atoms with van der Waals surface area (Å²) in [6.45, 7) is 3.67. The molecule has 2 aliphatic rings. The molecule has 0 aromatic carbocycles. The minimum absolute atomic E-state index is 0.0227. The van der Waals surface area contributed by atoms with Crippen molar-refractivity contribution in [3.8, 4) is 0 Å². The molecule has 2 fully saturated rings. The summed E-state index contributed by atoms with van der Waals surface area (Å²) in [5, 5.41) is 0. The molecule has 1 spiro atoms. The molecule has 2 aliphatic heterocycles. The van der Waals surface area contributed by atoms with Gasteiger partial charge in [-0.05, 0) is 26.2 Å². The number of rotatable bonds is 4. The minimum Gasteiger partial charge on any atom is -0.372 e. The van der Waals surface area contributed by atoms with Gasteiger partial charge in [0.1, 0.15) is 12.9 Å². The molecule has 7 heteroatoms. The second kappa shape index (κ2) is 6.62. The van der Waals surface area contributed by atoms with Crippen LogP contribution in [0.5, 0.6) is 0 Å². The SMILES string of the molecule is CCOCC(=O)N1CCCCC12CC(=O)N(c1cncnc1)C2. The van der Waals surface area contributed by atoms with Crippen LogP contribution < -0.4 is 4.90 Å². The third kappa shape index (κ3) is 3.06. The fourth-order valence-corrected chi connectivity index (χ4v) is 3.58. The Bertz CT molecular complexity index is 580. The van der Waals surface area contributed by atoms with Crippen molar-refractivity contribution in [1.29, 1.82) is 0 Å². The number of carbonyl (C=O) groups excluding carboxylic acids is 2. The smallest absolute Gasteiger partial charge is 0.249 e. The second-order valence-corrected chi connectivity index (χ2v) is 6.12. The lowest BCUT2D eigenvalue weighted by molar-refractivity contribution is -0.144. The Kier molecular flexibility index (Phi) is 4.56. The summed E-state index contributed by atoms with van der Waals surface area (Å²) < 4.78 is 5.28. The van der Waals surface area contributed by atoms with Crippen molar-refractivity contribution in [2.75, 3.05) is 31.2 Å². The van der Waals surface area contributed by atoms with Crippen LogP contribution in [-0.4, -0.2) is 58.5 Å². The van der Waals surface area contributed by atoms with Gasteiger partial charge in [0.15, 0.2) is 0 Å². The number of hydrogen-bond acceptors (Lipinski definition) is 5. The van der Waals surface area contributed by atoms with E-state index in [0.717, 1.165) is 19.3 Å². The first-order valence-corrected chi connectivity index (χ1v) is 8.10. The molecule has 0 radical (unpaired) electrons. The van der Waals surface area contributed by atoms with Crippen LogP contribution in [0.3, 0.4) is 0 Å². The Morgan fingerprint density at radius 1 is 1.35 bits per heavy atom. The highest BCUT2D eigenvalue weighted by Gasteiger charge is 2.50. The van der Waals surface area contributed by atoms with Gasteiger partial charge in [0.25, 0.3) is 0 Å². The van der Waals surface area contributed by atoms with Gasteiger partial charge in [-0.25, -0.2) is 9.97 Å². The molecule has 1 atom stereocenters. The van der Waals surface area contributed by atoms with E-state index in [4.69, 9.17) is 4.74 Å². The van der Waals surface area contributed by atoms with Crippen LogP contribution in [0.25, 0.3) is 0 Å². The molecule has 0 bridgehead atoms. The fraction of sp³-hybridized carbons (Fsp3) is 0.625. The van der Waals surface area contributed by atoms with Gasteiger partial charge in [-0.2, -0.15) is 0 Å². The Hall–Kier alpha value is -2.02. The monoisotopic (exact) mass is 318 g/mol. The predicted molar refractivity (Wildman–Crippen MR) is 83.8 cm³/mol. The Balaban J connectivity index is 1.81. The van der Waals surface area contributed by atoms with Crippen molar-refractivity contribution in [1.82, 2.24) is 14.9 Å². The maximum Gasteiger partial charge on any atom is 0.249 e. The van der Waals surface area contributed by atoms with Gasteiger partial charge in [-0.1, -0.05) is 0 Å². The maximum absolute atomic E-state index is 12.5. The summed E-state index contributed by atoms with van der Waals surface area (Å²) in [6.07, 6.45) is 7.93. The fourth-order valence-electron chi connectivity index (χ4n) is 3.58. The van der Waals surface area contributed by atoms with Crippen LogP contribution in [0.4, 0.5) is 5.69 Å². The normalized spacial score (nSPS) is 24.5. The molecule has 3 rings (SSSR count). The van der Waals surface area contributed by atoms with E-state index in [9.17, 15) is 9.59 Å². The number of amides is 2. The molecule has 2 amide bonds. The van der Waals surface area contributed by atoms with Gasteiger partial charge < -0.3 is 14.5 Å². The molecular weight excluding hydrogens is 296 g/mol. The van der Waals surface area contributed by atoms with Crippen molar-refractivity contribution < 1.29 is 14.3 Å². The maximum atomic E-state index is 12.5. The van der Waals surface area contributed by atoms with E-state index >= 15 is 0 Å². The third-order valence-electron chi connectivity index (χ3n) is 4.67. The van der Waals surface area contributed by atoms with E-state index in [-0.39, 0.29) is 18.4 Å². The molecular formula is C16H22N4O3. The van der Waals surface area contributed by atoms with Crippen molar-refractivity contribution in [3.63, 3.8) is 0 Å². The van der Waals surface area contributed by atoms with E-state index in [1.807, 2.05) is 11.8 Å². The zero-order valence-electron chi connectivity index (χ0n) is 13.4. The number of hydrogen-bond donors (Lipinski definition) is 0. The molecule has 7 nitrogen and oxygen atoms in total. The van der Waals surface area contributed by atoms with E-state index in [2.05, 4.69) is 9.97 Å². The number of carbonyl (C=O) groups is 2. The molecule has 23 heavy (non-hydrogen) atoms. The van der Waals surface area contributed by atoms with Crippen molar-refractivity contribution in [2.45, 2.75) is 38.1 Å². The second-order valence-electron chi connectivity index (χ2n) is 6.12. The number of anilines is 1. The molecule has 0 saturated carbocycles. The summed E-state index contributed by atoms with van der Waals surface area (Å²) in [4.78, 5) is 36.6. The first-order valence-electron chi connectivity index (χ1n) is 8.10. The van der Waals surface area contributed by atoms with Crippen LogP contribution in [0, 0.1) is 0 Å². The van der Waals surface area contributed by atoms with E-state index < -0.39 is 5.54 Å². The zero-order valence-corrected chi connectivity index (χ0v) is 13.4. The highest BCUT2D eigenvalue weighted by molar-refractivity contribution is 5.97. The number of piperidine rings is 1. The number of aromatic nitrogens is 2. The average molecular weight is 318 g/mol. The molecule has 0 aliphatic carbocycles. The third-order valence-corrected chi connectivity index (χ3v) is 4.67. The quantitative estimate of drug-likeness (QED) is 0.828. The summed E-state index contributed by atoms with van der Waals surface area (Å²) >= 11 is 0. The number of ether oxygens (including phenoxy) is 1. The zero-order chi connectivity index (χ0) is 16.3. The average Bonchev–Trinajstić information content (AvgIpc) is 2.90. The minimum atomic E-state index is -0.417. The summed E-state index contributed by atoms with van der Waals surface area (Å²) in [5.74, 6) is 0.00132. The van der Waals surface area contributed by atoms with E-state index in [0.29, 0.717) is 31.8 Å². The van der Waals surface area contributed by atoms with Crippen molar-refractivity contribution >= 4 is 17.5 Å². The molecule has 2 saturated heterocycles. The van der Waals surface area contributed by atoms with Crippen LogP contribution in [-0.2, 0) is 14.3 Å². The largest absolute Gasteiger partial charge is 0.372 e.